The maximum absolute atomic E-state index is 13.6. The predicted octanol–water partition coefficient (Wildman–Crippen LogP) is 10.7. The Balaban J connectivity index is 1.93. The van der Waals surface area contributed by atoms with Crippen LogP contribution in [0.3, 0.4) is 0 Å². The average molecular weight is 589 g/mol. The first-order valence-electron chi connectivity index (χ1n) is 14.6. The Labute approximate surface area is 254 Å². The third-order valence-corrected chi connectivity index (χ3v) is 9.25. The van der Waals surface area contributed by atoms with Crippen molar-refractivity contribution in [2.24, 2.45) is 0 Å². The van der Waals surface area contributed by atoms with Gasteiger partial charge in [-0.2, -0.15) is 0 Å². The van der Waals surface area contributed by atoms with Crippen LogP contribution in [0.25, 0.3) is 44.5 Å². The molecule has 0 spiro atoms. The third-order valence-electron chi connectivity index (χ3n) is 8.43. The second-order valence-corrected chi connectivity index (χ2v) is 13.4. The van der Waals surface area contributed by atoms with Crippen molar-refractivity contribution >= 4 is 7.82 Å². The minimum atomic E-state index is -4.50. The van der Waals surface area contributed by atoms with Gasteiger partial charge in [-0.15, -0.1) is 0 Å². The fraction of sp³-hybridized carbons (Fsp3) is 0.211. The zero-order valence-corrected chi connectivity index (χ0v) is 26.9. The largest absolute Gasteiger partial charge is 0.584 e. The van der Waals surface area contributed by atoms with Gasteiger partial charge in [-0.1, -0.05) is 95.1 Å². The highest BCUT2D eigenvalue weighted by Gasteiger charge is 2.42. The van der Waals surface area contributed by atoms with Gasteiger partial charge in [0, 0.05) is 16.7 Å². The van der Waals surface area contributed by atoms with E-state index in [4.69, 9.17) is 9.05 Å². The molecule has 1 heterocycles. The van der Waals surface area contributed by atoms with Crippen molar-refractivity contribution in [1.82, 2.24) is 0 Å². The lowest BCUT2D eigenvalue weighted by atomic mass is 9.79. The second-order valence-electron chi connectivity index (χ2n) is 12.1. The van der Waals surface area contributed by atoms with Crippen molar-refractivity contribution in [2.75, 3.05) is 0 Å². The molecule has 43 heavy (non-hydrogen) atoms. The molecule has 0 unspecified atom stereocenters. The molecule has 0 atom stereocenters. The van der Waals surface area contributed by atoms with Gasteiger partial charge in [0.15, 0.2) is 11.5 Å². The molecule has 6 rings (SSSR count). The molecule has 4 nitrogen and oxygen atoms in total. The van der Waals surface area contributed by atoms with Gasteiger partial charge in [0.25, 0.3) is 0 Å². The Morgan fingerprint density at radius 2 is 0.721 bits per heavy atom. The van der Waals surface area contributed by atoms with Gasteiger partial charge < -0.3 is 9.05 Å². The first-order chi connectivity index (χ1) is 20.3. The number of phosphoric ester groups is 1. The summed E-state index contributed by atoms with van der Waals surface area (Å²) in [6, 6.07) is 25.3. The summed E-state index contributed by atoms with van der Waals surface area (Å²) in [6.45, 7) is 16.6. The van der Waals surface area contributed by atoms with Crippen LogP contribution in [-0.4, -0.2) is 4.89 Å². The summed E-state index contributed by atoms with van der Waals surface area (Å²) < 4.78 is 25.7. The fourth-order valence-corrected chi connectivity index (χ4v) is 7.41. The van der Waals surface area contributed by atoms with E-state index in [9.17, 15) is 9.46 Å². The summed E-state index contributed by atoms with van der Waals surface area (Å²) in [7, 11) is -4.50. The second kappa shape index (κ2) is 10.6. The quantitative estimate of drug-likeness (QED) is 0.212. The highest BCUT2D eigenvalue weighted by molar-refractivity contribution is 7.48. The lowest BCUT2D eigenvalue weighted by Gasteiger charge is -2.33. The van der Waals surface area contributed by atoms with Crippen molar-refractivity contribution in [2.45, 2.75) is 55.4 Å². The molecule has 5 heteroatoms. The minimum absolute atomic E-state index is 0.370. The zero-order chi connectivity index (χ0) is 30.8. The molecule has 5 aromatic rings. The predicted molar refractivity (Wildman–Crippen MR) is 177 cm³/mol. The molecule has 0 aliphatic carbocycles. The lowest BCUT2D eigenvalue weighted by Crippen LogP contribution is -2.13. The van der Waals surface area contributed by atoms with Crippen LogP contribution in [0.4, 0.5) is 0 Å². The van der Waals surface area contributed by atoms with Gasteiger partial charge in [0.1, 0.15) is 0 Å². The van der Waals surface area contributed by atoms with E-state index in [-0.39, 0.29) is 0 Å². The molecule has 0 saturated carbocycles. The van der Waals surface area contributed by atoms with E-state index in [0.717, 1.165) is 83.5 Å². The van der Waals surface area contributed by atoms with E-state index in [0.29, 0.717) is 17.1 Å². The molecule has 1 aliphatic heterocycles. The maximum Gasteiger partial charge on any atom is 0.584 e. The molecular formula is C38H37O4P. The number of benzene rings is 5. The molecule has 2 bridgehead atoms. The molecule has 1 aliphatic rings. The van der Waals surface area contributed by atoms with Crippen molar-refractivity contribution in [3.63, 3.8) is 0 Å². The van der Waals surface area contributed by atoms with Crippen LogP contribution in [0.2, 0.25) is 0 Å². The fourth-order valence-electron chi connectivity index (χ4n) is 6.54. The van der Waals surface area contributed by atoms with Gasteiger partial charge in [-0.05, 0) is 99.9 Å². The molecular weight excluding hydrogens is 551 g/mol. The van der Waals surface area contributed by atoms with Crippen LogP contribution in [0, 0.1) is 55.4 Å². The summed E-state index contributed by atoms with van der Waals surface area (Å²) >= 11 is 0. The van der Waals surface area contributed by atoms with E-state index in [1.165, 1.54) is 0 Å². The van der Waals surface area contributed by atoms with Crippen molar-refractivity contribution < 1.29 is 18.5 Å². The van der Waals surface area contributed by atoms with Crippen molar-refractivity contribution in [3.05, 3.63) is 117 Å². The summed E-state index contributed by atoms with van der Waals surface area (Å²) in [5.74, 6) is 0.740. The van der Waals surface area contributed by atoms with E-state index >= 15 is 0 Å². The Kier molecular flexibility index (Phi) is 7.12. The van der Waals surface area contributed by atoms with Crippen molar-refractivity contribution in [3.8, 4) is 56.0 Å². The topological polar surface area (TPSA) is 55.8 Å². The average Bonchev–Trinajstić information content (AvgIpc) is 2.90. The molecule has 0 aromatic heterocycles. The van der Waals surface area contributed by atoms with Gasteiger partial charge >= 0.3 is 7.82 Å². The van der Waals surface area contributed by atoms with Crippen LogP contribution in [0.1, 0.15) is 44.5 Å². The van der Waals surface area contributed by atoms with Gasteiger partial charge in [0.2, 0.25) is 0 Å². The third kappa shape index (κ3) is 5.09. The van der Waals surface area contributed by atoms with Crippen LogP contribution in [-0.2, 0) is 4.57 Å². The highest BCUT2D eigenvalue weighted by atomic mass is 31.2. The molecule has 5 aromatic carbocycles. The zero-order valence-electron chi connectivity index (χ0n) is 26.0. The van der Waals surface area contributed by atoms with Crippen LogP contribution in [0.5, 0.6) is 11.5 Å². The summed E-state index contributed by atoms with van der Waals surface area (Å²) in [4.78, 5) is 11.1. The lowest BCUT2D eigenvalue weighted by molar-refractivity contribution is 0.283. The number of rotatable bonds is 4. The van der Waals surface area contributed by atoms with Crippen LogP contribution in [0.15, 0.2) is 72.8 Å². The summed E-state index contributed by atoms with van der Waals surface area (Å²) in [5.41, 5.74) is 15.8. The van der Waals surface area contributed by atoms with Crippen LogP contribution < -0.4 is 9.05 Å². The first kappa shape index (κ1) is 29.0. The minimum Gasteiger partial charge on any atom is -0.394 e. The van der Waals surface area contributed by atoms with E-state index < -0.39 is 7.82 Å². The Hall–Kier alpha value is -4.11. The normalized spacial score (nSPS) is 13.4. The molecule has 0 fully saturated rings. The summed E-state index contributed by atoms with van der Waals surface area (Å²) in [6.07, 6.45) is 0. The summed E-state index contributed by atoms with van der Waals surface area (Å²) in [5, 5.41) is 0. The maximum atomic E-state index is 13.6. The van der Waals surface area contributed by atoms with E-state index in [1.807, 2.05) is 0 Å². The molecule has 0 saturated heterocycles. The van der Waals surface area contributed by atoms with Gasteiger partial charge in [-0.3, -0.25) is 4.89 Å². The molecule has 218 valence electrons. The number of aryl methyl sites for hydroxylation is 8. The Morgan fingerprint density at radius 1 is 0.442 bits per heavy atom. The van der Waals surface area contributed by atoms with E-state index in [2.05, 4.69) is 128 Å². The number of fused-ring (bicyclic) bond motifs is 2. The Bertz CT molecular complexity index is 1920. The highest BCUT2D eigenvalue weighted by Crippen LogP contribution is 2.66. The first-order valence-corrected chi connectivity index (χ1v) is 16.1. The van der Waals surface area contributed by atoms with Gasteiger partial charge in [-0.25, -0.2) is 4.57 Å². The standard InChI is InChI=1S/C38H37O4P/c1-21-9-13-29(25(5)17-21)33-34(30-14-10-22(2)18-26(30)6)37-36(32-16-12-24(4)20-28(32)8)38(42-43(39,40)41-37)35(33)31-15-11-23(3)19-27(31)7/h9-20H,1-8H3,(H,39,40). The van der Waals surface area contributed by atoms with E-state index in [1.54, 1.807) is 0 Å². The Morgan fingerprint density at radius 3 is 1.02 bits per heavy atom. The van der Waals surface area contributed by atoms with Crippen LogP contribution >= 0.6 is 7.82 Å². The number of hydrogen-bond acceptors (Lipinski definition) is 3. The number of phosphoric acid groups is 1. The molecule has 0 radical (unpaired) electrons. The SMILES string of the molecule is Cc1ccc(-c2c3c(-c4ccc(C)cc4C)c(-c4ccc(C)cc4C)c(-c4ccc(C)cc4C)c2OP(=O)(O)O3)c(C)c1. The number of hydrogen-bond donors (Lipinski definition) is 1. The van der Waals surface area contributed by atoms with Gasteiger partial charge in [0.05, 0.1) is 5.56 Å². The smallest absolute Gasteiger partial charge is 0.394 e. The monoisotopic (exact) mass is 588 g/mol. The molecule has 0 amide bonds. The molecule has 1 N–H and O–H groups in total. The van der Waals surface area contributed by atoms with Crippen molar-refractivity contribution in [1.29, 1.82) is 0 Å².